The summed E-state index contributed by atoms with van der Waals surface area (Å²) in [5.74, 6) is 2.32. The summed E-state index contributed by atoms with van der Waals surface area (Å²) < 4.78 is 5.51. The van der Waals surface area contributed by atoms with E-state index in [-0.39, 0.29) is 0 Å². The van der Waals surface area contributed by atoms with Crippen LogP contribution in [0.4, 0.5) is 17.8 Å². The summed E-state index contributed by atoms with van der Waals surface area (Å²) in [7, 11) is 3.81. The maximum atomic E-state index is 5.51. The first-order valence-electron chi connectivity index (χ1n) is 7.01. The molecular formula is C13H26N6O. The van der Waals surface area contributed by atoms with Crippen LogP contribution in [-0.4, -0.2) is 55.4 Å². The standard InChI is InChI=1S/C13H26N6O/c1-6-14-11-16-12(18-13(17-11)19(4)5)15-7-8-20-9-10(2)3/h10H,6-9H2,1-5H3,(H2,14,15,16,17,18). The number of hydrogen-bond donors (Lipinski definition) is 2. The third-order valence-electron chi connectivity index (χ3n) is 2.34. The van der Waals surface area contributed by atoms with Crippen LogP contribution < -0.4 is 15.5 Å². The Morgan fingerprint density at radius 2 is 1.75 bits per heavy atom. The highest BCUT2D eigenvalue weighted by Gasteiger charge is 2.07. The van der Waals surface area contributed by atoms with E-state index >= 15 is 0 Å². The first kappa shape index (κ1) is 16.4. The number of rotatable bonds is 9. The lowest BCUT2D eigenvalue weighted by Crippen LogP contribution is -2.19. The predicted octanol–water partition coefficient (Wildman–Crippen LogP) is 1.45. The van der Waals surface area contributed by atoms with E-state index in [1.165, 1.54) is 0 Å². The highest BCUT2D eigenvalue weighted by atomic mass is 16.5. The maximum Gasteiger partial charge on any atom is 0.231 e. The molecule has 0 fully saturated rings. The summed E-state index contributed by atoms with van der Waals surface area (Å²) in [5, 5.41) is 6.26. The largest absolute Gasteiger partial charge is 0.379 e. The van der Waals surface area contributed by atoms with Crippen LogP contribution in [0.3, 0.4) is 0 Å². The minimum absolute atomic E-state index is 0.549. The number of anilines is 3. The number of nitrogens with zero attached hydrogens (tertiary/aromatic N) is 4. The van der Waals surface area contributed by atoms with E-state index in [0.717, 1.165) is 13.2 Å². The topological polar surface area (TPSA) is 75.2 Å². The highest BCUT2D eigenvalue weighted by molar-refractivity contribution is 5.42. The minimum atomic E-state index is 0.549. The molecule has 114 valence electrons. The van der Waals surface area contributed by atoms with Crippen LogP contribution in [0.25, 0.3) is 0 Å². The monoisotopic (exact) mass is 282 g/mol. The van der Waals surface area contributed by atoms with Crippen LogP contribution >= 0.6 is 0 Å². The first-order valence-corrected chi connectivity index (χ1v) is 7.01. The minimum Gasteiger partial charge on any atom is -0.379 e. The summed E-state index contributed by atoms with van der Waals surface area (Å²) >= 11 is 0. The Hall–Kier alpha value is -1.63. The smallest absolute Gasteiger partial charge is 0.231 e. The van der Waals surface area contributed by atoms with Crippen LogP contribution in [0.2, 0.25) is 0 Å². The van der Waals surface area contributed by atoms with Gasteiger partial charge in [0, 0.05) is 33.8 Å². The van der Waals surface area contributed by atoms with Gasteiger partial charge in [-0.15, -0.1) is 0 Å². The molecule has 0 aromatic carbocycles. The molecule has 0 saturated heterocycles. The highest BCUT2D eigenvalue weighted by Crippen LogP contribution is 2.10. The zero-order valence-electron chi connectivity index (χ0n) is 13.1. The van der Waals surface area contributed by atoms with Crippen LogP contribution in [0, 0.1) is 5.92 Å². The van der Waals surface area contributed by atoms with Crippen LogP contribution in [0.15, 0.2) is 0 Å². The number of hydrogen-bond acceptors (Lipinski definition) is 7. The van der Waals surface area contributed by atoms with Gasteiger partial charge >= 0.3 is 0 Å². The molecular weight excluding hydrogens is 256 g/mol. The number of aromatic nitrogens is 3. The van der Waals surface area contributed by atoms with Crippen molar-refractivity contribution in [1.82, 2.24) is 15.0 Å². The van der Waals surface area contributed by atoms with E-state index < -0.39 is 0 Å². The molecule has 7 heteroatoms. The lowest BCUT2D eigenvalue weighted by atomic mass is 10.2. The van der Waals surface area contributed by atoms with Crippen molar-refractivity contribution in [3.05, 3.63) is 0 Å². The Kier molecular flexibility index (Phi) is 7.00. The van der Waals surface area contributed by atoms with Crippen LogP contribution in [-0.2, 0) is 4.74 Å². The van der Waals surface area contributed by atoms with Gasteiger partial charge in [-0.25, -0.2) is 0 Å². The zero-order chi connectivity index (χ0) is 15.0. The summed E-state index contributed by atoms with van der Waals surface area (Å²) in [6.45, 7) is 9.12. The molecule has 0 saturated carbocycles. The van der Waals surface area contributed by atoms with Gasteiger partial charge in [-0.3, -0.25) is 0 Å². The summed E-state index contributed by atoms with van der Waals surface area (Å²) in [6.07, 6.45) is 0. The third-order valence-corrected chi connectivity index (χ3v) is 2.34. The molecule has 2 N–H and O–H groups in total. The second-order valence-corrected chi connectivity index (χ2v) is 5.10. The quantitative estimate of drug-likeness (QED) is 0.664. The molecule has 0 unspecified atom stereocenters. The van der Waals surface area contributed by atoms with E-state index in [1.807, 2.05) is 25.9 Å². The van der Waals surface area contributed by atoms with Gasteiger partial charge in [-0.1, -0.05) is 13.8 Å². The summed E-state index contributed by atoms with van der Waals surface area (Å²) in [5.41, 5.74) is 0. The normalized spacial score (nSPS) is 10.7. The molecule has 1 aromatic rings. The van der Waals surface area contributed by atoms with Gasteiger partial charge in [0.1, 0.15) is 0 Å². The first-order chi connectivity index (χ1) is 9.52. The van der Waals surface area contributed by atoms with Gasteiger partial charge in [0.15, 0.2) is 0 Å². The average molecular weight is 282 g/mol. The van der Waals surface area contributed by atoms with Crippen molar-refractivity contribution in [3.63, 3.8) is 0 Å². The van der Waals surface area contributed by atoms with Crippen molar-refractivity contribution < 1.29 is 4.74 Å². The fraction of sp³-hybridized carbons (Fsp3) is 0.769. The maximum absolute atomic E-state index is 5.51. The van der Waals surface area contributed by atoms with E-state index in [9.17, 15) is 0 Å². The molecule has 0 bridgehead atoms. The van der Waals surface area contributed by atoms with Crippen molar-refractivity contribution in [3.8, 4) is 0 Å². The van der Waals surface area contributed by atoms with Crippen LogP contribution in [0.1, 0.15) is 20.8 Å². The lowest BCUT2D eigenvalue weighted by Gasteiger charge is -2.14. The molecule has 1 aromatic heterocycles. The zero-order valence-corrected chi connectivity index (χ0v) is 13.1. The third kappa shape index (κ3) is 6.01. The van der Waals surface area contributed by atoms with Crippen molar-refractivity contribution in [1.29, 1.82) is 0 Å². The molecule has 0 aliphatic rings. The Labute approximate surface area is 121 Å². The Bertz CT molecular complexity index is 396. The molecule has 0 spiro atoms. The van der Waals surface area contributed by atoms with Gasteiger partial charge in [-0.2, -0.15) is 15.0 Å². The summed E-state index contributed by atoms with van der Waals surface area (Å²) in [6, 6.07) is 0. The van der Waals surface area contributed by atoms with Crippen molar-refractivity contribution in [2.75, 3.05) is 55.9 Å². The van der Waals surface area contributed by atoms with Crippen molar-refractivity contribution in [2.24, 2.45) is 5.92 Å². The predicted molar refractivity (Wildman–Crippen MR) is 82.5 cm³/mol. The van der Waals surface area contributed by atoms with E-state index in [4.69, 9.17) is 4.74 Å². The molecule has 0 radical (unpaired) electrons. The molecule has 0 aliphatic heterocycles. The fourth-order valence-electron chi connectivity index (χ4n) is 1.44. The van der Waals surface area contributed by atoms with Crippen LogP contribution in [0.5, 0.6) is 0 Å². The second kappa shape index (κ2) is 8.52. The van der Waals surface area contributed by atoms with Gasteiger partial charge in [-0.05, 0) is 12.8 Å². The average Bonchev–Trinajstić information content (AvgIpc) is 2.38. The number of ether oxygens (including phenoxy) is 1. The van der Waals surface area contributed by atoms with E-state index in [0.29, 0.717) is 36.9 Å². The van der Waals surface area contributed by atoms with Gasteiger partial charge in [0.25, 0.3) is 0 Å². The van der Waals surface area contributed by atoms with E-state index in [1.54, 1.807) is 0 Å². The second-order valence-electron chi connectivity index (χ2n) is 5.10. The Morgan fingerprint density at radius 3 is 2.30 bits per heavy atom. The molecule has 20 heavy (non-hydrogen) atoms. The summed E-state index contributed by atoms with van der Waals surface area (Å²) in [4.78, 5) is 14.8. The molecule has 0 atom stereocenters. The molecule has 0 aliphatic carbocycles. The van der Waals surface area contributed by atoms with Crippen molar-refractivity contribution in [2.45, 2.75) is 20.8 Å². The number of nitrogens with one attached hydrogen (secondary N) is 2. The SMILES string of the molecule is CCNc1nc(NCCOCC(C)C)nc(N(C)C)n1. The van der Waals surface area contributed by atoms with E-state index in [2.05, 4.69) is 39.4 Å². The molecule has 1 heterocycles. The lowest BCUT2D eigenvalue weighted by molar-refractivity contribution is 0.118. The van der Waals surface area contributed by atoms with Gasteiger partial charge < -0.3 is 20.3 Å². The fourth-order valence-corrected chi connectivity index (χ4v) is 1.44. The van der Waals surface area contributed by atoms with Crippen molar-refractivity contribution >= 4 is 17.8 Å². The molecule has 1 rings (SSSR count). The molecule has 7 nitrogen and oxygen atoms in total. The molecule has 0 amide bonds. The van der Waals surface area contributed by atoms with Gasteiger partial charge in [0.05, 0.1) is 6.61 Å². The Balaban J connectivity index is 2.55. The Morgan fingerprint density at radius 1 is 1.10 bits per heavy atom. The van der Waals surface area contributed by atoms with Gasteiger partial charge in [0.2, 0.25) is 17.8 Å².